The summed E-state index contributed by atoms with van der Waals surface area (Å²) in [5.74, 6) is 2.54. The number of carbonyl (C=O) groups is 3. The average molecular weight is 769 g/mol. The number of halogens is 1. The Morgan fingerprint density at radius 1 is 0.911 bits per heavy atom. The van der Waals surface area contributed by atoms with E-state index >= 15 is 4.39 Å². The molecule has 4 aliphatic rings. The second-order valence-corrected chi connectivity index (χ2v) is 17.9. The van der Waals surface area contributed by atoms with Gasteiger partial charge in [0.05, 0.1) is 22.7 Å². The van der Waals surface area contributed by atoms with Crippen LogP contribution in [0.3, 0.4) is 0 Å². The number of hydrogen-bond donors (Lipinski definition) is 2. The summed E-state index contributed by atoms with van der Waals surface area (Å²) >= 11 is 0. The van der Waals surface area contributed by atoms with Gasteiger partial charge in [0.2, 0.25) is 5.91 Å². The third-order valence-corrected chi connectivity index (χ3v) is 14.6. The molecule has 7 rings (SSSR count). The molecular weight excluding hydrogens is 708 g/mol. The molecular formula is C46H61FN4O5. The molecule has 0 radical (unpaired) electrons. The molecule has 302 valence electrons. The Bertz CT molecular complexity index is 1940. The van der Waals surface area contributed by atoms with E-state index in [9.17, 15) is 24.3 Å². The Balaban J connectivity index is 0.873. The maximum Gasteiger partial charge on any atom is 0.272 e. The van der Waals surface area contributed by atoms with Crippen LogP contribution in [0.25, 0.3) is 10.8 Å². The number of carbonyl (C=O) groups excluding carboxylic acids is 3. The molecule has 3 aromatic rings. The highest BCUT2D eigenvalue weighted by Gasteiger charge is 2.55. The fourth-order valence-electron chi connectivity index (χ4n) is 11.2. The van der Waals surface area contributed by atoms with Crippen molar-refractivity contribution in [3.05, 3.63) is 75.5 Å². The van der Waals surface area contributed by atoms with E-state index in [2.05, 4.69) is 24.0 Å². The summed E-state index contributed by atoms with van der Waals surface area (Å²) < 4.78 is 15.0. The SMILES string of the molecule is C[C@H]1CCC(=O)CCC[C@@H](CCCCCCC(=O)N2CCN(C(=O)c3cc(Cc4n[nH]c(=O)c5ccccc45)ccc3F)CC2)[C@@H]2C1CC[C@@]1(C)C2CC[C@@H]1O. The first-order valence-electron chi connectivity index (χ1n) is 21.5. The third kappa shape index (κ3) is 8.65. The van der Waals surface area contributed by atoms with Gasteiger partial charge in [-0.2, -0.15) is 5.10 Å². The number of aliphatic hydroxyl groups excluding tert-OH is 1. The highest BCUT2D eigenvalue weighted by molar-refractivity contribution is 5.95. The van der Waals surface area contributed by atoms with E-state index in [1.807, 2.05) is 17.0 Å². The molecule has 2 amide bonds. The highest BCUT2D eigenvalue weighted by atomic mass is 19.1. The summed E-state index contributed by atoms with van der Waals surface area (Å²) in [4.78, 5) is 55.0. The van der Waals surface area contributed by atoms with E-state index in [1.165, 1.54) is 18.9 Å². The van der Waals surface area contributed by atoms with Crippen LogP contribution in [-0.4, -0.2) is 75.0 Å². The van der Waals surface area contributed by atoms with Crippen LogP contribution in [0.5, 0.6) is 0 Å². The standard InChI is InChI=1S/C46H61FN4O5/c1-30-16-18-33(52)12-9-11-32(43-34(30)22-23-46(2)38(43)19-21-41(46)53)10-5-3-4-6-15-42(54)50-24-26-51(27-25-50)45(56)37-28-31(17-20-39(37)47)29-40-35-13-7-8-14-36(35)44(55)49-48-40/h7-8,13-14,17,20,28,30,32,34,38,41,43,53H,3-6,9-12,15-16,18-19,21-27,29H2,1-2H3,(H,49,55)/t30-,32+,34?,38?,41-,43+,46-/m0/s1. The van der Waals surface area contributed by atoms with Gasteiger partial charge in [-0.05, 0) is 110 Å². The Kier molecular flexibility index (Phi) is 12.7. The van der Waals surface area contributed by atoms with E-state index in [1.54, 1.807) is 29.2 Å². The number of aliphatic hydroxyl groups is 1. The summed E-state index contributed by atoms with van der Waals surface area (Å²) in [5, 5.41) is 19.1. The smallest absolute Gasteiger partial charge is 0.272 e. The molecule has 7 atom stereocenters. The molecule has 2 N–H and O–H groups in total. The van der Waals surface area contributed by atoms with E-state index in [0.29, 0.717) is 97.5 Å². The van der Waals surface area contributed by atoms with Crippen molar-refractivity contribution in [3.63, 3.8) is 0 Å². The summed E-state index contributed by atoms with van der Waals surface area (Å²) in [6.07, 6.45) is 14.7. The maximum atomic E-state index is 15.0. The Hall–Kier alpha value is -3.92. The number of unbranched alkanes of at least 4 members (excludes halogenated alkanes) is 3. The molecule has 56 heavy (non-hydrogen) atoms. The number of benzene rings is 2. The molecule has 10 heteroatoms. The predicted molar refractivity (Wildman–Crippen MR) is 216 cm³/mol. The normalized spacial score (nSPS) is 28.5. The van der Waals surface area contributed by atoms with Gasteiger partial charge < -0.3 is 14.9 Å². The number of aromatic nitrogens is 2. The second kappa shape index (κ2) is 17.7. The largest absolute Gasteiger partial charge is 0.393 e. The molecule has 4 fully saturated rings. The van der Waals surface area contributed by atoms with Crippen LogP contribution in [0.15, 0.2) is 47.3 Å². The Morgan fingerprint density at radius 2 is 1.66 bits per heavy atom. The van der Waals surface area contributed by atoms with Crippen LogP contribution in [0.1, 0.15) is 132 Å². The van der Waals surface area contributed by atoms with E-state index < -0.39 is 5.82 Å². The average Bonchev–Trinajstić information content (AvgIpc) is 3.51. The zero-order chi connectivity index (χ0) is 39.4. The van der Waals surface area contributed by atoms with Crippen LogP contribution >= 0.6 is 0 Å². The molecule has 3 saturated carbocycles. The summed E-state index contributed by atoms with van der Waals surface area (Å²) in [5.41, 5.74) is 1.11. The zero-order valence-corrected chi connectivity index (χ0v) is 33.4. The van der Waals surface area contributed by atoms with Gasteiger partial charge in [0.1, 0.15) is 11.6 Å². The predicted octanol–water partition coefficient (Wildman–Crippen LogP) is 7.87. The molecule has 9 nitrogen and oxygen atoms in total. The molecule has 3 aliphatic carbocycles. The topological polar surface area (TPSA) is 124 Å². The van der Waals surface area contributed by atoms with Gasteiger partial charge in [-0.1, -0.05) is 63.8 Å². The van der Waals surface area contributed by atoms with Crippen LogP contribution in [0.4, 0.5) is 4.39 Å². The minimum atomic E-state index is -0.587. The lowest BCUT2D eigenvalue weighted by Crippen LogP contribution is -2.50. The number of Topliss-reactive ketones (excluding diaryl/α,β-unsaturated/α-hetero) is 1. The first-order chi connectivity index (χ1) is 27.0. The molecule has 1 aromatic heterocycles. The fourth-order valence-corrected chi connectivity index (χ4v) is 11.2. The van der Waals surface area contributed by atoms with Gasteiger partial charge in [0.15, 0.2) is 0 Å². The zero-order valence-electron chi connectivity index (χ0n) is 33.4. The fraction of sp³-hybridized carbons (Fsp3) is 0.630. The molecule has 2 aromatic carbocycles. The van der Waals surface area contributed by atoms with Crippen molar-refractivity contribution in [1.82, 2.24) is 20.0 Å². The van der Waals surface area contributed by atoms with Gasteiger partial charge in [0, 0.05) is 57.2 Å². The number of piperazine rings is 1. The summed E-state index contributed by atoms with van der Waals surface area (Å²) in [6.45, 7) is 6.29. The number of amides is 2. The third-order valence-electron chi connectivity index (χ3n) is 14.6. The summed E-state index contributed by atoms with van der Waals surface area (Å²) in [7, 11) is 0. The Labute approximate surface area is 330 Å². The quantitative estimate of drug-likeness (QED) is 0.203. The van der Waals surface area contributed by atoms with Crippen LogP contribution in [-0.2, 0) is 16.0 Å². The number of aromatic amines is 1. The van der Waals surface area contributed by atoms with Crippen molar-refractivity contribution in [2.75, 3.05) is 26.2 Å². The minimum Gasteiger partial charge on any atom is -0.393 e. The van der Waals surface area contributed by atoms with Gasteiger partial charge >= 0.3 is 0 Å². The van der Waals surface area contributed by atoms with E-state index in [4.69, 9.17) is 0 Å². The first kappa shape index (κ1) is 40.3. The van der Waals surface area contributed by atoms with Crippen molar-refractivity contribution >= 4 is 28.4 Å². The molecule has 2 unspecified atom stereocenters. The van der Waals surface area contributed by atoms with E-state index in [0.717, 1.165) is 76.0 Å². The number of nitrogens with one attached hydrogen (secondary N) is 1. The van der Waals surface area contributed by atoms with Gasteiger partial charge in [0.25, 0.3) is 11.5 Å². The lowest BCUT2D eigenvalue weighted by molar-refractivity contribution is -0.132. The van der Waals surface area contributed by atoms with Crippen LogP contribution < -0.4 is 5.56 Å². The lowest BCUT2D eigenvalue weighted by atomic mass is 9.53. The number of fused-ring (bicyclic) bond motifs is 4. The van der Waals surface area contributed by atoms with Crippen LogP contribution in [0, 0.1) is 40.8 Å². The van der Waals surface area contributed by atoms with Crippen molar-refractivity contribution in [2.45, 2.75) is 123 Å². The summed E-state index contributed by atoms with van der Waals surface area (Å²) in [6, 6.07) is 11.7. The van der Waals surface area contributed by atoms with Crippen molar-refractivity contribution in [3.8, 4) is 0 Å². The van der Waals surface area contributed by atoms with Gasteiger partial charge in [-0.25, -0.2) is 9.49 Å². The number of hydrogen-bond acceptors (Lipinski definition) is 6. The molecule has 0 spiro atoms. The minimum absolute atomic E-state index is 0.00155. The van der Waals surface area contributed by atoms with E-state index in [-0.39, 0.29) is 34.5 Å². The van der Waals surface area contributed by atoms with Crippen molar-refractivity contribution in [2.24, 2.45) is 35.0 Å². The van der Waals surface area contributed by atoms with Crippen molar-refractivity contribution in [1.29, 1.82) is 0 Å². The monoisotopic (exact) mass is 768 g/mol. The molecule has 0 bridgehead atoms. The molecule has 2 heterocycles. The number of rotatable bonds is 10. The number of H-pyrrole nitrogens is 1. The Morgan fingerprint density at radius 3 is 2.46 bits per heavy atom. The van der Waals surface area contributed by atoms with Crippen molar-refractivity contribution < 1.29 is 23.9 Å². The first-order valence-corrected chi connectivity index (χ1v) is 21.5. The second-order valence-electron chi connectivity index (χ2n) is 17.9. The lowest BCUT2D eigenvalue weighted by Gasteiger charge is -2.52. The number of ketones is 1. The number of nitrogens with zero attached hydrogens (tertiary/aromatic N) is 3. The van der Waals surface area contributed by atoms with Crippen LogP contribution in [0.2, 0.25) is 0 Å². The molecule has 1 aliphatic heterocycles. The van der Waals surface area contributed by atoms with Gasteiger partial charge in [-0.15, -0.1) is 0 Å². The maximum absolute atomic E-state index is 15.0. The highest BCUT2D eigenvalue weighted by Crippen LogP contribution is 2.60. The van der Waals surface area contributed by atoms with Gasteiger partial charge in [-0.3, -0.25) is 19.2 Å². The molecule has 1 saturated heterocycles.